The zero-order chi connectivity index (χ0) is 21.1. The van der Waals surface area contributed by atoms with Crippen LogP contribution in [0.25, 0.3) is 11.0 Å². The number of hydrogen-bond donors (Lipinski definition) is 2. The van der Waals surface area contributed by atoms with E-state index in [1.165, 1.54) is 0 Å². The van der Waals surface area contributed by atoms with Crippen molar-refractivity contribution < 1.29 is 19.1 Å². The van der Waals surface area contributed by atoms with Gasteiger partial charge in [0.1, 0.15) is 11.3 Å². The summed E-state index contributed by atoms with van der Waals surface area (Å²) in [7, 11) is 0. The van der Waals surface area contributed by atoms with Crippen molar-refractivity contribution in [3.05, 3.63) is 75.1 Å². The van der Waals surface area contributed by atoms with Crippen LogP contribution in [-0.2, 0) is 4.79 Å². The number of aliphatic hydroxyl groups excluding tert-OH is 1. The third-order valence-electron chi connectivity index (χ3n) is 5.15. The number of nitrogens with one attached hydrogen (secondary N) is 1. The third kappa shape index (κ3) is 4.32. The smallest absolute Gasteiger partial charge is 0.339 e. The van der Waals surface area contributed by atoms with Crippen LogP contribution in [0.1, 0.15) is 35.3 Å². The Balaban J connectivity index is 1.71. The van der Waals surface area contributed by atoms with E-state index in [4.69, 9.17) is 9.15 Å². The summed E-state index contributed by atoms with van der Waals surface area (Å²) < 4.78 is 11.3. The summed E-state index contributed by atoms with van der Waals surface area (Å²) in [6.07, 6.45) is -1.58. The van der Waals surface area contributed by atoms with Crippen LogP contribution in [-0.4, -0.2) is 23.7 Å². The highest BCUT2D eigenvalue weighted by atomic mass is 16.5. The molecule has 2 atom stereocenters. The molecule has 0 fully saturated rings. The van der Waals surface area contributed by atoms with E-state index in [9.17, 15) is 14.7 Å². The quantitative estimate of drug-likeness (QED) is 0.625. The number of carbonyl (C=O) groups excluding carboxylic acids is 1. The third-order valence-corrected chi connectivity index (χ3v) is 5.15. The highest BCUT2D eigenvalue weighted by Gasteiger charge is 2.19. The second-order valence-corrected chi connectivity index (χ2v) is 7.14. The van der Waals surface area contributed by atoms with Gasteiger partial charge in [-0.05, 0) is 51.0 Å². The molecular formula is C23H25NO5. The second-order valence-electron chi connectivity index (χ2n) is 7.14. The van der Waals surface area contributed by atoms with Gasteiger partial charge in [0.2, 0.25) is 0 Å². The van der Waals surface area contributed by atoms with Crippen LogP contribution in [0.3, 0.4) is 0 Å². The lowest BCUT2D eigenvalue weighted by molar-refractivity contribution is -0.127. The standard InChI is InChI=1S/C23H25NO5/c1-13-14(2)23(27)29-21-15(3)20(11-10-18(13)21)28-16(4)22(26)24-12-19(25)17-8-6-5-7-9-17/h5-11,16,19,25H,12H2,1-4H3,(H,24,26)/t16-,19+/m1/s1. The summed E-state index contributed by atoms with van der Waals surface area (Å²) in [5.74, 6) is 0.121. The Hall–Kier alpha value is -3.12. The first kappa shape index (κ1) is 20.6. The number of aliphatic hydroxyl groups is 1. The van der Waals surface area contributed by atoms with Crippen molar-refractivity contribution in [3.8, 4) is 5.75 Å². The van der Waals surface area contributed by atoms with Crippen LogP contribution < -0.4 is 15.7 Å². The molecule has 152 valence electrons. The molecule has 29 heavy (non-hydrogen) atoms. The number of benzene rings is 2. The largest absolute Gasteiger partial charge is 0.480 e. The fourth-order valence-electron chi connectivity index (χ4n) is 3.13. The molecule has 0 aliphatic heterocycles. The summed E-state index contributed by atoms with van der Waals surface area (Å²) >= 11 is 0. The molecule has 0 bridgehead atoms. The molecule has 3 rings (SSSR count). The number of amides is 1. The molecular weight excluding hydrogens is 370 g/mol. The van der Waals surface area contributed by atoms with Gasteiger partial charge in [0, 0.05) is 23.1 Å². The van der Waals surface area contributed by atoms with Gasteiger partial charge in [-0.25, -0.2) is 4.79 Å². The van der Waals surface area contributed by atoms with E-state index in [2.05, 4.69) is 5.32 Å². The van der Waals surface area contributed by atoms with Crippen LogP contribution in [0, 0.1) is 20.8 Å². The zero-order valence-corrected chi connectivity index (χ0v) is 17.0. The van der Waals surface area contributed by atoms with Gasteiger partial charge in [-0.2, -0.15) is 0 Å². The van der Waals surface area contributed by atoms with Crippen molar-refractivity contribution in [1.82, 2.24) is 5.32 Å². The normalized spacial score (nSPS) is 13.1. The Kier molecular flexibility index (Phi) is 6.03. The molecule has 0 aliphatic carbocycles. The van der Waals surface area contributed by atoms with Crippen molar-refractivity contribution in [1.29, 1.82) is 0 Å². The lowest BCUT2D eigenvalue weighted by atomic mass is 10.0. The topological polar surface area (TPSA) is 88.8 Å². The van der Waals surface area contributed by atoms with Crippen LogP contribution in [0.4, 0.5) is 0 Å². The molecule has 6 heteroatoms. The summed E-state index contributed by atoms with van der Waals surface area (Å²) in [6, 6.07) is 12.7. The molecule has 0 saturated carbocycles. The van der Waals surface area contributed by atoms with Gasteiger partial charge >= 0.3 is 5.63 Å². The van der Waals surface area contributed by atoms with Crippen LogP contribution in [0.2, 0.25) is 0 Å². The summed E-state index contributed by atoms with van der Waals surface area (Å²) in [6.45, 7) is 7.11. The van der Waals surface area contributed by atoms with Crippen molar-refractivity contribution in [2.24, 2.45) is 0 Å². The van der Waals surface area contributed by atoms with E-state index >= 15 is 0 Å². The molecule has 0 radical (unpaired) electrons. The minimum Gasteiger partial charge on any atom is -0.480 e. The van der Waals surface area contributed by atoms with Crippen molar-refractivity contribution in [2.75, 3.05) is 6.54 Å². The molecule has 1 amide bonds. The monoisotopic (exact) mass is 395 g/mol. The first-order valence-corrected chi connectivity index (χ1v) is 9.50. The maximum absolute atomic E-state index is 12.4. The highest BCUT2D eigenvalue weighted by Crippen LogP contribution is 2.29. The molecule has 0 aliphatic rings. The number of hydrogen-bond acceptors (Lipinski definition) is 5. The van der Waals surface area contributed by atoms with E-state index in [0.29, 0.717) is 22.5 Å². The Labute approximate surface area is 169 Å². The summed E-state index contributed by atoms with van der Waals surface area (Å²) in [5.41, 5.74) is 2.92. The van der Waals surface area contributed by atoms with Gasteiger partial charge in [0.05, 0.1) is 6.10 Å². The highest BCUT2D eigenvalue weighted by molar-refractivity contribution is 5.86. The average molecular weight is 395 g/mol. The van der Waals surface area contributed by atoms with Crippen molar-refractivity contribution in [3.63, 3.8) is 0 Å². The second kappa shape index (κ2) is 8.49. The molecule has 6 nitrogen and oxygen atoms in total. The molecule has 2 N–H and O–H groups in total. The van der Waals surface area contributed by atoms with Gasteiger partial charge in [-0.1, -0.05) is 30.3 Å². The van der Waals surface area contributed by atoms with E-state index in [1.807, 2.05) is 31.2 Å². The van der Waals surface area contributed by atoms with Gasteiger partial charge in [-0.3, -0.25) is 4.79 Å². The minimum atomic E-state index is -0.796. The van der Waals surface area contributed by atoms with Crippen LogP contribution in [0.15, 0.2) is 51.7 Å². The average Bonchev–Trinajstić information content (AvgIpc) is 2.73. The predicted molar refractivity (Wildman–Crippen MR) is 111 cm³/mol. The molecule has 0 unspecified atom stereocenters. The Morgan fingerprint density at radius 2 is 1.76 bits per heavy atom. The number of carbonyl (C=O) groups is 1. The van der Waals surface area contributed by atoms with Gasteiger partial charge in [0.25, 0.3) is 5.91 Å². The van der Waals surface area contributed by atoms with Crippen molar-refractivity contribution >= 4 is 16.9 Å². The zero-order valence-electron chi connectivity index (χ0n) is 17.0. The number of aryl methyl sites for hydroxylation is 2. The molecule has 1 heterocycles. The van der Waals surface area contributed by atoms with E-state index < -0.39 is 12.2 Å². The molecule has 1 aromatic heterocycles. The van der Waals surface area contributed by atoms with E-state index in [0.717, 1.165) is 16.5 Å². The predicted octanol–water partition coefficient (Wildman–Crippen LogP) is 3.34. The Morgan fingerprint density at radius 3 is 2.45 bits per heavy atom. The first-order valence-electron chi connectivity index (χ1n) is 9.50. The first-order chi connectivity index (χ1) is 13.8. The van der Waals surface area contributed by atoms with Gasteiger partial charge in [-0.15, -0.1) is 0 Å². The van der Waals surface area contributed by atoms with Crippen molar-refractivity contribution in [2.45, 2.75) is 39.9 Å². The summed E-state index contributed by atoms with van der Waals surface area (Å²) in [5, 5.41) is 13.7. The fraction of sp³-hybridized carbons (Fsp3) is 0.304. The molecule has 3 aromatic rings. The van der Waals surface area contributed by atoms with Gasteiger partial charge < -0.3 is 19.6 Å². The Bertz CT molecular complexity index is 1090. The van der Waals surface area contributed by atoms with Gasteiger partial charge in [0.15, 0.2) is 6.10 Å². The summed E-state index contributed by atoms with van der Waals surface area (Å²) in [4.78, 5) is 24.4. The maximum Gasteiger partial charge on any atom is 0.339 e. The Morgan fingerprint density at radius 1 is 1.07 bits per heavy atom. The number of rotatable bonds is 6. The molecule has 0 spiro atoms. The number of ether oxygens (including phenoxy) is 1. The maximum atomic E-state index is 12.4. The molecule has 0 saturated heterocycles. The van der Waals surface area contributed by atoms with Crippen LogP contribution in [0.5, 0.6) is 5.75 Å². The number of fused-ring (bicyclic) bond motifs is 1. The van der Waals surface area contributed by atoms with E-state index in [1.54, 1.807) is 39.0 Å². The van der Waals surface area contributed by atoms with Crippen LogP contribution >= 0.6 is 0 Å². The lowest BCUT2D eigenvalue weighted by Gasteiger charge is -2.18. The SMILES string of the molecule is Cc1c(C)c2ccc(O[C@H](C)C(=O)NC[C@H](O)c3ccccc3)c(C)c2oc1=O. The minimum absolute atomic E-state index is 0.0839. The van der Waals surface area contributed by atoms with E-state index in [-0.39, 0.29) is 18.1 Å². The fourth-order valence-corrected chi connectivity index (χ4v) is 3.13. The molecule has 2 aromatic carbocycles. The lowest BCUT2D eigenvalue weighted by Crippen LogP contribution is -2.38.